The van der Waals surface area contributed by atoms with Crippen LogP contribution in [0.3, 0.4) is 0 Å². The van der Waals surface area contributed by atoms with Gasteiger partial charge in [-0.15, -0.1) is 0 Å². The number of ether oxygens (including phenoxy) is 1. The second-order valence-electron chi connectivity index (χ2n) is 8.70. The topological polar surface area (TPSA) is 62.3 Å². The molecule has 0 N–H and O–H groups in total. The molecule has 5 rings (SSSR count). The molecule has 35 heavy (non-hydrogen) atoms. The van der Waals surface area contributed by atoms with Crippen LogP contribution in [0.1, 0.15) is 11.6 Å². The van der Waals surface area contributed by atoms with Gasteiger partial charge in [-0.05, 0) is 42.0 Å². The summed E-state index contributed by atoms with van der Waals surface area (Å²) in [5.74, 6) is 1.04. The summed E-state index contributed by atoms with van der Waals surface area (Å²) in [5, 5.41) is 0.846. The minimum atomic E-state index is -3.67. The number of para-hydroxylation sites is 2. The number of sulfonamides is 1. The lowest BCUT2D eigenvalue weighted by Crippen LogP contribution is -2.52. The summed E-state index contributed by atoms with van der Waals surface area (Å²) in [6, 6.07) is 23.0. The first-order valence-electron chi connectivity index (χ1n) is 11.6. The van der Waals surface area contributed by atoms with Crippen LogP contribution < -0.4 is 9.64 Å². The van der Waals surface area contributed by atoms with Crippen molar-refractivity contribution in [1.29, 1.82) is 0 Å². The largest absolute Gasteiger partial charge is 0.457 e. The van der Waals surface area contributed by atoms with Crippen molar-refractivity contribution in [2.45, 2.75) is 11.3 Å². The average molecular weight is 498 g/mol. The molecule has 7 nitrogen and oxygen atoms in total. The van der Waals surface area contributed by atoms with E-state index >= 15 is 0 Å². The lowest BCUT2D eigenvalue weighted by Gasteiger charge is -2.37. The molecule has 9 heteroatoms. The van der Waals surface area contributed by atoms with Crippen molar-refractivity contribution in [1.82, 2.24) is 9.37 Å². The molecular formula is C26H28FN3O4S. The lowest BCUT2D eigenvalue weighted by molar-refractivity contribution is -0.110. The highest BCUT2D eigenvalue weighted by atomic mass is 32.2. The third-order valence-electron chi connectivity index (χ3n) is 6.54. The van der Waals surface area contributed by atoms with E-state index in [-0.39, 0.29) is 12.4 Å². The fourth-order valence-electron chi connectivity index (χ4n) is 4.74. The molecule has 0 saturated carbocycles. The normalized spacial score (nSPS) is 21.8. The molecule has 0 amide bonds. The fourth-order valence-corrected chi connectivity index (χ4v) is 6.68. The first kappa shape index (κ1) is 23.7. The number of hydroxylamine groups is 2. The number of piperazine rings is 1. The lowest BCUT2D eigenvalue weighted by atomic mass is 10.0. The van der Waals surface area contributed by atoms with Crippen LogP contribution in [-0.2, 0) is 14.9 Å². The molecule has 2 fully saturated rings. The van der Waals surface area contributed by atoms with Gasteiger partial charge in [0.25, 0.3) is 0 Å². The van der Waals surface area contributed by atoms with E-state index in [1.165, 1.54) is 10.4 Å². The van der Waals surface area contributed by atoms with Crippen molar-refractivity contribution in [3.8, 4) is 11.5 Å². The van der Waals surface area contributed by atoms with Crippen molar-refractivity contribution >= 4 is 15.7 Å². The fraction of sp³-hybridized carbons (Fsp3) is 0.308. The van der Waals surface area contributed by atoms with Gasteiger partial charge in [-0.2, -0.15) is 9.37 Å². The third-order valence-corrected chi connectivity index (χ3v) is 8.78. The number of rotatable bonds is 6. The molecular weight excluding hydrogens is 469 g/mol. The van der Waals surface area contributed by atoms with E-state index in [9.17, 15) is 12.8 Å². The van der Waals surface area contributed by atoms with Crippen molar-refractivity contribution in [2.24, 2.45) is 0 Å². The molecule has 3 aromatic carbocycles. The van der Waals surface area contributed by atoms with Crippen LogP contribution in [0.15, 0.2) is 78.9 Å². The van der Waals surface area contributed by atoms with E-state index in [1.54, 1.807) is 30.3 Å². The van der Waals surface area contributed by atoms with Gasteiger partial charge in [-0.25, -0.2) is 12.8 Å². The van der Waals surface area contributed by atoms with E-state index < -0.39 is 21.3 Å². The molecule has 0 radical (unpaired) electrons. The maximum Gasteiger partial charge on any atom is 0.221 e. The van der Waals surface area contributed by atoms with Gasteiger partial charge in [0.2, 0.25) is 10.0 Å². The van der Waals surface area contributed by atoms with Crippen LogP contribution in [0.4, 0.5) is 10.1 Å². The molecule has 184 valence electrons. The molecule has 0 aliphatic carbocycles. The van der Waals surface area contributed by atoms with Crippen LogP contribution >= 0.6 is 0 Å². The zero-order valence-corrected chi connectivity index (χ0v) is 20.3. The molecule has 2 unspecified atom stereocenters. The number of hydrogen-bond acceptors (Lipinski definition) is 6. The second kappa shape index (κ2) is 9.94. The van der Waals surface area contributed by atoms with E-state index in [1.807, 2.05) is 59.5 Å². The Morgan fingerprint density at radius 3 is 2.31 bits per heavy atom. The SMILES string of the molecule is CN1OCC(S(=O)(=O)N2CCN(c3ccccc3F)CC2)C1c1cccc(Oc2ccccc2)c1. The number of hydrogen-bond donors (Lipinski definition) is 0. The highest BCUT2D eigenvalue weighted by molar-refractivity contribution is 7.89. The summed E-state index contributed by atoms with van der Waals surface area (Å²) < 4.78 is 49.1. The maximum absolute atomic E-state index is 14.2. The molecule has 2 saturated heterocycles. The monoisotopic (exact) mass is 497 g/mol. The van der Waals surface area contributed by atoms with Crippen LogP contribution in [0, 0.1) is 5.82 Å². The second-order valence-corrected chi connectivity index (χ2v) is 10.8. The van der Waals surface area contributed by atoms with Crippen LogP contribution in [0.2, 0.25) is 0 Å². The predicted molar refractivity (Wildman–Crippen MR) is 132 cm³/mol. The molecule has 0 bridgehead atoms. The number of halogens is 1. The Balaban J connectivity index is 1.33. The smallest absolute Gasteiger partial charge is 0.221 e. The molecule has 0 aromatic heterocycles. The molecule has 3 aromatic rings. The number of benzene rings is 3. The number of anilines is 1. The Hall–Kier alpha value is -2.98. The zero-order valence-electron chi connectivity index (χ0n) is 19.5. The quantitative estimate of drug-likeness (QED) is 0.512. The molecule has 2 heterocycles. The Morgan fingerprint density at radius 2 is 1.57 bits per heavy atom. The molecule has 0 spiro atoms. The van der Waals surface area contributed by atoms with E-state index in [0.717, 1.165) is 5.56 Å². The predicted octanol–water partition coefficient (Wildman–Crippen LogP) is 4.06. The average Bonchev–Trinajstić information content (AvgIpc) is 3.27. The Labute approximate surface area is 205 Å². The third kappa shape index (κ3) is 4.90. The van der Waals surface area contributed by atoms with Crippen LogP contribution in [0.25, 0.3) is 0 Å². The van der Waals surface area contributed by atoms with Crippen molar-refractivity contribution in [2.75, 3.05) is 44.7 Å². The summed E-state index contributed by atoms with van der Waals surface area (Å²) in [4.78, 5) is 7.59. The van der Waals surface area contributed by atoms with Gasteiger partial charge in [0.05, 0.1) is 18.3 Å². The standard InChI is InChI=1S/C26H28FN3O4S/c1-28-26(20-8-7-11-22(18-20)34-21-9-3-2-4-10-21)25(19-33-28)35(31,32)30-16-14-29(15-17-30)24-13-6-5-12-23(24)27/h2-13,18,25-26H,14-17,19H2,1H3. The zero-order chi connectivity index (χ0) is 24.4. The highest BCUT2D eigenvalue weighted by Crippen LogP contribution is 2.37. The van der Waals surface area contributed by atoms with Gasteiger partial charge in [0, 0.05) is 33.2 Å². The maximum atomic E-state index is 14.2. The van der Waals surface area contributed by atoms with Crippen molar-refractivity contribution in [3.05, 3.63) is 90.2 Å². The van der Waals surface area contributed by atoms with Gasteiger partial charge in [0.15, 0.2) is 0 Å². The van der Waals surface area contributed by atoms with Crippen LogP contribution in [0.5, 0.6) is 11.5 Å². The summed E-state index contributed by atoms with van der Waals surface area (Å²) in [6.45, 7) is 1.51. The molecule has 2 aliphatic rings. The Bertz CT molecular complexity index is 1270. The van der Waals surface area contributed by atoms with Gasteiger partial charge in [-0.3, -0.25) is 4.84 Å². The number of nitrogens with zero attached hydrogens (tertiary/aromatic N) is 3. The Kier molecular flexibility index (Phi) is 6.75. The summed E-state index contributed by atoms with van der Waals surface area (Å²) in [6.07, 6.45) is 0. The first-order valence-corrected chi connectivity index (χ1v) is 13.1. The van der Waals surface area contributed by atoms with E-state index in [0.29, 0.717) is 43.4 Å². The van der Waals surface area contributed by atoms with Gasteiger partial charge >= 0.3 is 0 Å². The summed E-state index contributed by atoms with van der Waals surface area (Å²) in [5.41, 5.74) is 1.30. The first-order chi connectivity index (χ1) is 16.9. The minimum absolute atomic E-state index is 0.0702. The van der Waals surface area contributed by atoms with Gasteiger partial charge in [0.1, 0.15) is 22.6 Å². The molecule has 2 atom stereocenters. The van der Waals surface area contributed by atoms with Gasteiger partial charge < -0.3 is 9.64 Å². The Morgan fingerprint density at radius 1 is 0.886 bits per heavy atom. The summed E-state index contributed by atoms with van der Waals surface area (Å²) in [7, 11) is -1.92. The van der Waals surface area contributed by atoms with Gasteiger partial charge in [-0.1, -0.05) is 42.5 Å². The van der Waals surface area contributed by atoms with Crippen LogP contribution in [-0.4, -0.2) is 62.9 Å². The minimum Gasteiger partial charge on any atom is -0.457 e. The van der Waals surface area contributed by atoms with E-state index in [2.05, 4.69) is 0 Å². The molecule has 2 aliphatic heterocycles. The van der Waals surface area contributed by atoms with E-state index in [4.69, 9.17) is 9.57 Å². The highest BCUT2D eigenvalue weighted by Gasteiger charge is 2.46. The van der Waals surface area contributed by atoms with Crippen molar-refractivity contribution in [3.63, 3.8) is 0 Å². The van der Waals surface area contributed by atoms with Crippen molar-refractivity contribution < 1.29 is 22.4 Å². The summed E-state index contributed by atoms with van der Waals surface area (Å²) >= 11 is 0.